The van der Waals surface area contributed by atoms with Gasteiger partial charge < -0.3 is 10.6 Å². The highest BCUT2D eigenvalue weighted by atomic mass is 32.1. The van der Waals surface area contributed by atoms with Crippen molar-refractivity contribution in [2.45, 2.75) is 26.3 Å². The van der Waals surface area contributed by atoms with E-state index in [9.17, 15) is 0 Å². The minimum Gasteiger partial charge on any atom is -0.389 e. The number of anilines is 1. The van der Waals surface area contributed by atoms with E-state index in [4.69, 9.17) is 22.9 Å². The van der Waals surface area contributed by atoms with Gasteiger partial charge in [-0.2, -0.15) is 0 Å². The quantitative estimate of drug-likeness (QED) is 0.865. The summed E-state index contributed by atoms with van der Waals surface area (Å²) in [7, 11) is 0. The molecule has 1 aromatic heterocycles. The summed E-state index contributed by atoms with van der Waals surface area (Å²) < 4.78 is 0. The number of nitrogens with zero attached hydrogens (tertiary/aromatic N) is 2. The van der Waals surface area contributed by atoms with Crippen LogP contribution in [0.5, 0.6) is 0 Å². The molecule has 0 fully saturated rings. The first-order chi connectivity index (χ1) is 10.1. The van der Waals surface area contributed by atoms with Crippen molar-refractivity contribution in [2.75, 3.05) is 11.4 Å². The summed E-state index contributed by atoms with van der Waals surface area (Å²) in [6.45, 7) is 3.83. The third kappa shape index (κ3) is 2.90. The molecule has 0 bridgehead atoms. The molecule has 0 unspecified atom stereocenters. The van der Waals surface area contributed by atoms with Crippen molar-refractivity contribution in [3.05, 3.63) is 58.8 Å². The highest BCUT2D eigenvalue weighted by Gasteiger charge is 2.19. The molecule has 1 aliphatic rings. The van der Waals surface area contributed by atoms with E-state index in [1.54, 1.807) is 0 Å². The number of rotatable bonds is 2. The zero-order valence-corrected chi connectivity index (χ0v) is 13.0. The molecule has 108 valence electrons. The van der Waals surface area contributed by atoms with Crippen LogP contribution in [0, 0.1) is 6.92 Å². The molecular formula is C17H19N3S. The van der Waals surface area contributed by atoms with Crippen LogP contribution in [-0.2, 0) is 13.0 Å². The van der Waals surface area contributed by atoms with Crippen molar-refractivity contribution in [3.63, 3.8) is 0 Å². The lowest BCUT2D eigenvalue weighted by Crippen LogP contribution is -2.27. The van der Waals surface area contributed by atoms with E-state index >= 15 is 0 Å². The molecule has 1 aliphatic heterocycles. The summed E-state index contributed by atoms with van der Waals surface area (Å²) >= 11 is 5.18. The van der Waals surface area contributed by atoms with Gasteiger partial charge in [-0.05, 0) is 43.0 Å². The van der Waals surface area contributed by atoms with E-state index in [0.29, 0.717) is 4.99 Å². The lowest BCUT2D eigenvalue weighted by molar-refractivity contribution is 0.752. The molecule has 2 N–H and O–H groups in total. The predicted octanol–water partition coefficient (Wildman–Crippen LogP) is 2.98. The van der Waals surface area contributed by atoms with Gasteiger partial charge in [0.1, 0.15) is 10.8 Å². The summed E-state index contributed by atoms with van der Waals surface area (Å²) in [6, 6.07) is 12.6. The third-order valence-electron chi connectivity index (χ3n) is 3.93. The average Bonchev–Trinajstić information content (AvgIpc) is 2.68. The number of nitrogens with two attached hydrogens (primary N) is 1. The first kappa shape index (κ1) is 14.0. The number of hydrogen-bond donors (Lipinski definition) is 1. The molecule has 1 aromatic carbocycles. The molecule has 0 radical (unpaired) electrons. The van der Waals surface area contributed by atoms with Crippen LogP contribution in [0.25, 0.3) is 0 Å². The maximum Gasteiger partial charge on any atom is 0.139 e. The second-order valence-corrected chi connectivity index (χ2v) is 5.92. The molecule has 21 heavy (non-hydrogen) atoms. The Morgan fingerprint density at radius 1 is 1.19 bits per heavy atom. The van der Waals surface area contributed by atoms with Gasteiger partial charge in [-0.15, -0.1) is 0 Å². The molecule has 0 amide bonds. The lowest BCUT2D eigenvalue weighted by atomic mass is 10.0. The number of aromatic nitrogens is 1. The van der Waals surface area contributed by atoms with Gasteiger partial charge in [-0.3, -0.25) is 0 Å². The Hall–Kier alpha value is -1.94. The Morgan fingerprint density at radius 3 is 2.71 bits per heavy atom. The summed E-state index contributed by atoms with van der Waals surface area (Å²) in [5, 5.41) is 0. The van der Waals surface area contributed by atoms with Crippen molar-refractivity contribution in [1.82, 2.24) is 4.98 Å². The van der Waals surface area contributed by atoms with Crippen LogP contribution in [0.3, 0.4) is 0 Å². The molecule has 2 aromatic rings. The highest BCUT2D eigenvalue weighted by molar-refractivity contribution is 7.80. The summed E-state index contributed by atoms with van der Waals surface area (Å²) in [5.41, 5.74) is 10.5. The second kappa shape index (κ2) is 5.82. The number of hydrogen-bond acceptors (Lipinski definition) is 3. The zero-order valence-electron chi connectivity index (χ0n) is 12.2. The van der Waals surface area contributed by atoms with Crippen LogP contribution < -0.4 is 10.6 Å². The molecule has 0 saturated heterocycles. The summed E-state index contributed by atoms with van der Waals surface area (Å²) in [5.74, 6) is 0.916. The fourth-order valence-electron chi connectivity index (χ4n) is 2.86. The van der Waals surface area contributed by atoms with E-state index in [1.165, 1.54) is 11.1 Å². The third-order valence-corrected chi connectivity index (χ3v) is 4.15. The molecule has 0 atom stereocenters. The van der Waals surface area contributed by atoms with Gasteiger partial charge in [0.25, 0.3) is 0 Å². The molecular weight excluding hydrogens is 278 g/mol. The molecule has 4 heteroatoms. The predicted molar refractivity (Wildman–Crippen MR) is 90.7 cm³/mol. The van der Waals surface area contributed by atoms with Crippen LogP contribution in [-0.4, -0.2) is 16.5 Å². The standard InChI is InChI=1S/C17H19N3S/c1-12-8-9-15(16(18)21)17(19-12)20-10-4-7-13-5-2-3-6-14(13)11-20/h2-3,5-6,8-9H,4,7,10-11H2,1H3,(H2,18,21). The van der Waals surface area contributed by atoms with E-state index in [-0.39, 0.29) is 0 Å². The van der Waals surface area contributed by atoms with Crippen molar-refractivity contribution < 1.29 is 0 Å². The maximum atomic E-state index is 5.87. The van der Waals surface area contributed by atoms with Gasteiger partial charge in [0, 0.05) is 18.8 Å². The lowest BCUT2D eigenvalue weighted by Gasteiger charge is -2.24. The van der Waals surface area contributed by atoms with E-state index in [1.807, 2.05) is 19.1 Å². The van der Waals surface area contributed by atoms with Gasteiger partial charge in [-0.25, -0.2) is 4.98 Å². The van der Waals surface area contributed by atoms with Crippen molar-refractivity contribution in [3.8, 4) is 0 Å². The second-order valence-electron chi connectivity index (χ2n) is 5.48. The van der Waals surface area contributed by atoms with Crippen molar-refractivity contribution >= 4 is 23.0 Å². The number of pyridine rings is 1. The van der Waals surface area contributed by atoms with Gasteiger partial charge in [0.2, 0.25) is 0 Å². The number of thiocarbonyl (C=S) groups is 1. The number of benzene rings is 1. The normalized spacial score (nSPS) is 14.4. The van der Waals surface area contributed by atoms with Gasteiger partial charge >= 0.3 is 0 Å². The van der Waals surface area contributed by atoms with Gasteiger partial charge in [0.15, 0.2) is 0 Å². The Morgan fingerprint density at radius 2 is 1.95 bits per heavy atom. The van der Waals surface area contributed by atoms with Crippen LogP contribution in [0.15, 0.2) is 36.4 Å². The fourth-order valence-corrected chi connectivity index (χ4v) is 3.02. The minimum absolute atomic E-state index is 0.412. The van der Waals surface area contributed by atoms with Crippen molar-refractivity contribution in [1.29, 1.82) is 0 Å². The molecule has 0 saturated carbocycles. The molecule has 3 nitrogen and oxygen atoms in total. The maximum absolute atomic E-state index is 5.87. The van der Waals surface area contributed by atoms with Crippen LogP contribution in [0.1, 0.15) is 28.8 Å². The largest absolute Gasteiger partial charge is 0.389 e. The van der Waals surface area contributed by atoms with Crippen LogP contribution >= 0.6 is 12.2 Å². The van der Waals surface area contributed by atoms with Crippen LogP contribution in [0.4, 0.5) is 5.82 Å². The average molecular weight is 297 g/mol. The monoisotopic (exact) mass is 297 g/mol. The Labute approximate surface area is 130 Å². The highest BCUT2D eigenvalue weighted by Crippen LogP contribution is 2.25. The van der Waals surface area contributed by atoms with E-state index in [0.717, 1.165) is 43.0 Å². The Bertz CT molecular complexity index is 681. The first-order valence-corrected chi connectivity index (χ1v) is 7.65. The van der Waals surface area contributed by atoms with E-state index < -0.39 is 0 Å². The molecule has 3 rings (SSSR count). The zero-order chi connectivity index (χ0) is 14.8. The topological polar surface area (TPSA) is 42.1 Å². The molecule has 0 spiro atoms. The minimum atomic E-state index is 0.412. The van der Waals surface area contributed by atoms with Crippen molar-refractivity contribution in [2.24, 2.45) is 5.73 Å². The number of aryl methyl sites for hydroxylation is 2. The van der Waals surface area contributed by atoms with E-state index in [2.05, 4.69) is 29.2 Å². The summed E-state index contributed by atoms with van der Waals surface area (Å²) in [4.78, 5) is 7.40. The van der Waals surface area contributed by atoms with Gasteiger partial charge in [-0.1, -0.05) is 36.5 Å². The SMILES string of the molecule is Cc1ccc(C(N)=S)c(N2CCCc3ccccc3C2)n1. The molecule has 0 aliphatic carbocycles. The Kier molecular flexibility index (Phi) is 3.88. The van der Waals surface area contributed by atoms with Gasteiger partial charge in [0.05, 0.1) is 5.56 Å². The molecule has 2 heterocycles. The smallest absolute Gasteiger partial charge is 0.139 e. The fraction of sp³-hybridized carbons (Fsp3) is 0.294. The summed E-state index contributed by atoms with van der Waals surface area (Å²) in [6.07, 6.45) is 2.23. The van der Waals surface area contributed by atoms with Crippen LogP contribution in [0.2, 0.25) is 0 Å². The first-order valence-electron chi connectivity index (χ1n) is 7.24. The number of fused-ring (bicyclic) bond motifs is 1. The Balaban J connectivity index is 2.01.